The Hall–Kier alpha value is -2.21. The third-order valence-corrected chi connectivity index (χ3v) is 4.15. The van der Waals surface area contributed by atoms with Crippen LogP contribution in [0.4, 0.5) is 4.39 Å². The van der Waals surface area contributed by atoms with Gasteiger partial charge < -0.3 is 14.4 Å². The van der Waals surface area contributed by atoms with Gasteiger partial charge in [0.2, 0.25) is 5.91 Å². The van der Waals surface area contributed by atoms with Crippen molar-refractivity contribution in [3.8, 4) is 0 Å². The molecule has 1 amide bonds. The molecular weight excluding hydrogens is 325 g/mol. The lowest BCUT2D eigenvalue weighted by Gasteiger charge is -2.26. The molecule has 1 saturated heterocycles. The molecule has 6 heteroatoms. The van der Waals surface area contributed by atoms with Crippen molar-refractivity contribution >= 4 is 18.0 Å². The zero-order chi connectivity index (χ0) is 18.2. The van der Waals surface area contributed by atoms with Crippen LogP contribution in [-0.4, -0.2) is 49.7 Å². The number of ether oxygens (including phenoxy) is 2. The maximum atomic E-state index is 12.9. The van der Waals surface area contributed by atoms with Gasteiger partial charge >= 0.3 is 5.97 Å². The standard InChI is InChI=1S/C19H24FNO4/c1-14(19(23)24-2)12-21(13-17-4-3-11-25-17)18(22)10-7-15-5-8-16(20)9-6-15/h5-10,14,17H,3-4,11-13H2,1-2H3/b10-7+. The van der Waals surface area contributed by atoms with Crippen LogP contribution >= 0.6 is 0 Å². The van der Waals surface area contributed by atoms with E-state index in [1.54, 1.807) is 30.0 Å². The number of carbonyl (C=O) groups is 2. The Labute approximate surface area is 147 Å². The number of halogens is 1. The first kappa shape index (κ1) is 19.1. The monoisotopic (exact) mass is 349 g/mol. The lowest BCUT2D eigenvalue weighted by molar-refractivity contribution is -0.146. The zero-order valence-electron chi connectivity index (χ0n) is 14.6. The molecule has 136 valence electrons. The van der Waals surface area contributed by atoms with Crippen LogP contribution in [0.25, 0.3) is 6.08 Å². The number of carbonyl (C=O) groups excluding carboxylic acids is 2. The Morgan fingerprint density at radius 3 is 2.72 bits per heavy atom. The van der Waals surface area contributed by atoms with Crippen LogP contribution in [0.2, 0.25) is 0 Å². The van der Waals surface area contributed by atoms with Gasteiger partial charge in [-0.15, -0.1) is 0 Å². The first-order chi connectivity index (χ1) is 12.0. The van der Waals surface area contributed by atoms with Crippen molar-refractivity contribution in [2.24, 2.45) is 5.92 Å². The number of hydrogen-bond donors (Lipinski definition) is 0. The molecule has 2 unspecified atom stereocenters. The fraction of sp³-hybridized carbons (Fsp3) is 0.474. The first-order valence-corrected chi connectivity index (χ1v) is 8.41. The number of hydrogen-bond acceptors (Lipinski definition) is 4. The topological polar surface area (TPSA) is 55.8 Å². The van der Waals surface area contributed by atoms with Crippen LogP contribution in [0.5, 0.6) is 0 Å². The van der Waals surface area contributed by atoms with E-state index in [-0.39, 0.29) is 30.3 Å². The Bertz CT molecular complexity index is 608. The number of amides is 1. The number of esters is 1. The molecule has 1 aliphatic heterocycles. The molecule has 0 radical (unpaired) electrons. The van der Waals surface area contributed by atoms with Gasteiger partial charge in [0.1, 0.15) is 5.82 Å². The van der Waals surface area contributed by atoms with Crippen molar-refractivity contribution < 1.29 is 23.5 Å². The lowest BCUT2D eigenvalue weighted by atomic mass is 10.1. The van der Waals surface area contributed by atoms with E-state index in [1.807, 2.05) is 0 Å². The molecule has 2 rings (SSSR count). The van der Waals surface area contributed by atoms with Gasteiger partial charge in [0, 0.05) is 25.8 Å². The molecule has 1 heterocycles. The molecule has 0 spiro atoms. The molecule has 1 fully saturated rings. The summed E-state index contributed by atoms with van der Waals surface area (Å²) in [6.07, 6.45) is 4.94. The average Bonchev–Trinajstić information content (AvgIpc) is 3.12. The third kappa shape index (κ3) is 5.98. The molecule has 0 N–H and O–H groups in total. The van der Waals surface area contributed by atoms with Gasteiger partial charge in [0.25, 0.3) is 0 Å². The Kier molecular flexibility index (Phi) is 7.13. The highest BCUT2D eigenvalue weighted by Gasteiger charge is 2.25. The van der Waals surface area contributed by atoms with Gasteiger partial charge in [-0.1, -0.05) is 19.1 Å². The second-order valence-electron chi connectivity index (χ2n) is 6.19. The van der Waals surface area contributed by atoms with Gasteiger partial charge in [0.05, 0.1) is 19.1 Å². The predicted molar refractivity (Wildman–Crippen MR) is 92.2 cm³/mol. The molecule has 0 aromatic heterocycles. The quantitative estimate of drug-likeness (QED) is 0.561. The van der Waals surface area contributed by atoms with Crippen LogP contribution in [0.1, 0.15) is 25.3 Å². The minimum atomic E-state index is -0.422. The maximum absolute atomic E-state index is 12.9. The Balaban J connectivity index is 2.04. The summed E-state index contributed by atoms with van der Waals surface area (Å²) in [5.74, 6) is -1.31. The minimum Gasteiger partial charge on any atom is -0.469 e. The van der Waals surface area contributed by atoms with Crippen LogP contribution in [0.15, 0.2) is 30.3 Å². The molecule has 0 aliphatic carbocycles. The highest BCUT2D eigenvalue weighted by molar-refractivity contribution is 5.92. The van der Waals surface area contributed by atoms with Crippen molar-refractivity contribution in [1.82, 2.24) is 4.90 Å². The highest BCUT2D eigenvalue weighted by Crippen LogP contribution is 2.15. The van der Waals surface area contributed by atoms with Crippen molar-refractivity contribution in [3.05, 3.63) is 41.7 Å². The second kappa shape index (κ2) is 9.32. The Morgan fingerprint density at radius 1 is 1.40 bits per heavy atom. The third-order valence-electron chi connectivity index (χ3n) is 4.15. The fourth-order valence-electron chi connectivity index (χ4n) is 2.74. The highest BCUT2D eigenvalue weighted by atomic mass is 19.1. The molecule has 2 atom stereocenters. The van der Waals surface area contributed by atoms with Crippen molar-refractivity contribution in [2.75, 3.05) is 26.8 Å². The van der Waals surface area contributed by atoms with Crippen LogP contribution in [0.3, 0.4) is 0 Å². The second-order valence-corrected chi connectivity index (χ2v) is 6.19. The van der Waals surface area contributed by atoms with Crippen molar-refractivity contribution in [3.63, 3.8) is 0 Å². The van der Waals surface area contributed by atoms with Gasteiger partial charge in [-0.3, -0.25) is 9.59 Å². The van der Waals surface area contributed by atoms with Gasteiger partial charge in [-0.05, 0) is 36.6 Å². The van der Waals surface area contributed by atoms with E-state index >= 15 is 0 Å². The summed E-state index contributed by atoms with van der Waals surface area (Å²) in [6, 6.07) is 5.88. The maximum Gasteiger partial charge on any atom is 0.310 e. The van der Waals surface area contributed by atoms with Gasteiger partial charge in [-0.25, -0.2) is 4.39 Å². The molecule has 0 bridgehead atoms. The van der Waals surface area contributed by atoms with Crippen LogP contribution in [-0.2, 0) is 19.1 Å². The molecule has 1 aliphatic rings. The van der Waals surface area contributed by atoms with Gasteiger partial charge in [0.15, 0.2) is 0 Å². The largest absolute Gasteiger partial charge is 0.469 e. The van der Waals surface area contributed by atoms with Crippen molar-refractivity contribution in [1.29, 1.82) is 0 Å². The van der Waals surface area contributed by atoms with Crippen LogP contribution < -0.4 is 0 Å². The first-order valence-electron chi connectivity index (χ1n) is 8.41. The molecule has 5 nitrogen and oxygen atoms in total. The van der Waals surface area contributed by atoms with E-state index < -0.39 is 5.92 Å². The summed E-state index contributed by atoms with van der Waals surface area (Å²) in [4.78, 5) is 25.9. The lowest BCUT2D eigenvalue weighted by Crippen LogP contribution is -2.40. The average molecular weight is 349 g/mol. The number of methoxy groups -OCH3 is 1. The number of nitrogens with zero attached hydrogens (tertiary/aromatic N) is 1. The summed E-state index contributed by atoms with van der Waals surface area (Å²) in [7, 11) is 1.33. The summed E-state index contributed by atoms with van der Waals surface area (Å²) in [5, 5.41) is 0. The van der Waals surface area contributed by atoms with Gasteiger partial charge in [-0.2, -0.15) is 0 Å². The molecular formula is C19H24FNO4. The SMILES string of the molecule is COC(=O)C(C)CN(CC1CCCO1)C(=O)/C=C/c1ccc(F)cc1. The van der Waals surface area contributed by atoms with E-state index in [4.69, 9.17) is 9.47 Å². The normalized spacial score (nSPS) is 18.3. The van der Waals surface area contributed by atoms with E-state index in [0.29, 0.717) is 13.2 Å². The van der Waals surface area contributed by atoms with E-state index in [9.17, 15) is 14.0 Å². The summed E-state index contributed by atoms with van der Waals surface area (Å²) in [5.41, 5.74) is 0.729. The van der Waals surface area contributed by atoms with E-state index in [2.05, 4.69) is 0 Å². The number of rotatable bonds is 7. The summed E-state index contributed by atoms with van der Waals surface area (Å²) >= 11 is 0. The number of benzene rings is 1. The van der Waals surface area contributed by atoms with E-state index in [0.717, 1.165) is 18.4 Å². The van der Waals surface area contributed by atoms with Crippen LogP contribution in [0, 0.1) is 11.7 Å². The molecule has 1 aromatic carbocycles. The van der Waals surface area contributed by atoms with Crippen molar-refractivity contribution in [2.45, 2.75) is 25.9 Å². The van der Waals surface area contributed by atoms with E-state index in [1.165, 1.54) is 25.3 Å². The molecule has 1 aromatic rings. The minimum absolute atomic E-state index is 0.00646. The summed E-state index contributed by atoms with van der Waals surface area (Å²) in [6.45, 7) is 3.13. The Morgan fingerprint density at radius 2 is 2.12 bits per heavy atom. The smallest absolute Gasteiger partial charge is 0.310 e. The molecule has 0 saturated carbocycles. The zero-order valence-corrected chi connectivity index (χ0v) is 14.6. The predicted octanol–water partition coefficient (Wildman–Crippen LogP) is 2.66. The molecule has 25 heavy (non-hydrogen) atoms. The summed E-state index contributed by atoms with van der Waals surface area (Å²) < 4.78 is 23.3. The fourth-order valence-corrected chi connectivity index (χ4v) is 2.74.